The molecule has 0 spiro atoms. The normalized spacial score (nSPS) is 20.1. The number of aromatic nitrogens is 3. The van der Waals surface area contributed by atoms with E-state index < -0.39 is 9.84 Å². The minimum absolute atomic E-state index is 0.0858. The van der Waals surface area contributed by atoms with E-state index in [1.807, 2.05) is 27.4 Å². The van der Waals surface area contributed by atoms with Gasteiger partial charge in [0, 0.05) is 18.0 Å². The van der Waals surface area contributed by atoms with Crippen molar-refractivity contribution < 1.29 is 13.3 Å². The van der Waals surface area contributed by atoms with E-state index >= 15 is 0 Å². The average Bonchev–Trinajstić information content (AvgIpc) is 3.10. The predicted molar refractivity (Wildman–Crippen MR) is 104 cm³/mol. The van der Waals surface area contributed by atoms with Gasteiger partial charge in [-0.25, -0.2) is 8.42 Å². The van der Waals surface area contributed by atoms with Crippen LogP contribution in [0.4, 0.5) is 0 Å². The number of sulfone groups is 1. The van der Waals surface area contributed by atoms with E-state index in [2.05, 4.69) is 25.8 Å². The van der Waals surface area contributed by atoms with Gasteiger partial charge in [-0.3, -0.25) is 4.57 Å². The van der Waals surface area contributed by atoms with E-state index in [9.17, 15) is 8.42 Å². The van der Waals surface area contributed by atoms with Crippen LogP contribution in [-0.2, 0) is 29.6 Å². The van der Waals surface area contributed by atoms with Crippen LogP contribution < -0.4 is 4.90 Å². The van der Waals surface area contributed by atoms with Gasteiger partial charge in [0.2, 0.25) is 4.77 Å². The van der Waals surface area contributed by atoms with Gasteiger partial charge in [-0.05, 0) is 18.6 Å². The van der Waals surface area contributed by atoms with Gasteiger partial charge in [0.1, 0.15) is 12.4 Å². The third-order valence-corrected chi connectivity index (χ3v) is 6.83. The molecule has 26 heavy (non-hydrogen) atoms. The van der Waals surface area contributed by atoms with Gasteiger partial charge in [0.15, 0.2) is 16.5 Å². The van der Waals surface area contributed by atoms with Crippen molar-refractivity contribution in [2.75, 3.05) is 18.6 Å². The van der Waals surface area contributed by atoms with Gasteiger partial charge in [0.25, 0.3) is 0 Å². The zero-order chi connectivity index (χ0) is 18.7. The lowest BCUT2D eigenvalue weighted by molar-refractivity contribution is -0.917. The minimum Gasteiger partial charge on any atom is -0.315 e. The summed E-state index contributed by atoms with van der Waals surface area (Å²) in [6, 6.07) is 10.3. The zero-order valence-corrected chi connectivity index (χ0v) is 16.6. The van der Waals surface area contributed by atoms with E-state index in [0.29, 0.717) is 24.4 Å². The lowest BCUT2D eigenvalue weighted by Gasteiger charge is -2.13. The van der Waals surface area contributed by atoms with Crippen molar-refractivity contribution in [3.8, 4) is 0 Å². The fraction of sp³-hybridized carbons (Fsp3) is 0.444. The third-order valence-electron chi connectivity index (χ3n) is 4.63. The van der Waals surface area contributed by atoms with E-state index in [1.165, 1.54) is 10.5 Å². The smallest absolute Gasteiger partial charge is 0.203 e. The Bertz CT molecular complexity index is 932. The molecule has 0 saturated carbocycles. The first-order valence-corrected chi connectivity index (χ1v) is 11.0. The number of hydrogen-bond donors (Lipinski definition) is 1. The summed E-state index contributed by atoms with van der Waals surface area (Å²) in [5.74, 6) is 1.06. The van der Waals surface area contributed by atoms with Crippen molar-refractivity contribution in [2.24, 2.45) is 0 Å². The predicted octanol–water partition coefficient (Wildman–Crippen LogP) is 1.17. The molecule has 1 aliphatic heterocycles. The summed E-state index contributed by atoms with van der Waals surface area (Å²) in [6.07, 6.45) is 2.38. The topological polar surface area (TPSA) is 61.3 Å². The molecule has 3 rings (SSSR count). The van der Waals surface area contributed by atoms with E-state index in [0.717, 1.165) is 12.4 Å². The minimum atomic E-state index is -2.97. The van der Waals surface area contributed by atoms with Crippen LogP contribution >= 0.6 is 12.2 Å². The van der Waals surface area contributed by atoms with Gasteiger partial charge in [-0.2, -0.15) is 9.78 Å². The van der Waals surface area contributed by atoms with Crippen molar-refractivity contribution in [1.29, 1.82) is 0 Å². The van der Waals surface area contributed by atoms with Gasteiger partial charge < -0.3 is 4.90 Å². The average molecular weight is 394 g/mol. The molecule has 0 aliphatic carbocycles. The Kier molecular flexibility index (Phi) is 5.74. The first-order valence-electron chi connectivity index (χ1n) is 8.73. The molecule has 1 unspecified atom stereocenters. The summed E-state index contributed by atoms with van der Waals surface area (Å²) in [6.45, 7) is 5.83. The Morgan fingerprint density at radius 2 is 2.12 bits per heavy atom. The van der Waals surface area contributed by atoms with Crippen LogP contribution in [0.2, 0.25) is 0 Å². The lowest BCUT2D eigenvalue weighted by atomic mass is 10.1. The Balaban J connectivity index is 1.82. The molecule has 2 atom stereocenters. The van der Waals surface area contributed by atoms with Gasteiger partial charge in [0.05, 0.1) is 18.6 Å². The van der Waals surface area contributed by atoms with E-state index in [-0.39, 0.29) is 17.4 Å². The van der Waals surface area contributed by atoms with Crippen molar-refractivity contribution in [3.63, 3.8) is 0 Å². The summed E-state index contributed by atoms with van der Waals surface area (Å²) in [7, 11) is -0.872. The highest BCUT2D eigenvalue weighted by atomic mass is 32.2. The third kappa shape index (κ3) is 4.31. The molecule has 0 amide bonds. The first-order chi connectivity index (χ1) is 12.4. The van der Waals surface area contributed by atoms with Gasteiger partial charge in [-0.1, -0.05) is 36.4 Å². The number of nitrogens with one attached hydrogen (secondary N) is 1. The summed E-state index contributed by atoms with van der Waals surface area (Å²) in [5, 5.41) is 4.70. The van der Waals surface area contributed by atoms with Crippen molar-refractivity contribution >= 4 is 22.1 Å². The molecule has 1 saturated heterocycles. The Hall–Kier alpha value is -1.77. The Morgan fingerprint density at radius 1 is 1.38 bits per heavy atom. The molecule has 0 bridgehead atoms. The molecule has 1 fully saturated rings. The molecule has 140 valence electrons. The molecule has 1 N–H and O–H groups in total. The van der Waals surface area contributed by atoms with Gasteiger partial charge >= 0.3 is 0 Å². The van der Waals surface area contributed by atoms with Crippen molar-refractivity contribution in [1.82, 2.24) is 14.3 Å². The molecule has 6 nitrogen and oxygen atoms in total. The standard InChI is InChI=1S/C18H24N4O2S2/c1-3-10-21-17(16-9-11-26(23,24)13-16)19-22(18(21)25)14-20(2)12-15-7-5-4-6-8-15/h3-8,16H,1,9-14H2,2H3/p+1/t16-/m1/s1. The monoisotopic (exact) mass is 393 g/mol. The maximum Gasteiger partial charge on any atom is 0.203 e. The fourth-order valence-corrected chi connectivity index (χ4v) is 5.43. The lowest BCUT2D eigenvalue weighted by Crippen LogP contribution is -3.07. The van der Waals surface area contributed by atoms with E-state index in [1.54, 1.807) is 6.08 Å². The second-order valence-electron chi connectivity index (χ2n) is 6.92. The highest BCUT2D eigenvalue weighted by molar-refractivity contribution is 7.91. The summed E-state index contributed by atoms with van der Waals surface area (Å²) in [4.78, 5) is 1.25. The quantitative estimate of drug-likeness (QED) is 0.567. The molecule has 1 aromatic heterocycles. The molecular weight excluding hydrogens is 368 g/mol. The number of benzene rings is 1. The van der Waals surface area contributed by atoms with Crippen LogP contribution in [0.3, 0.4) is 0 Å². The largest absolute Gasteiger partial charge is 0.315 e. The number of rotatable bonds is 7. The summed E-state index contributed by atoms with van der Waals surface area (Å²) < 4.78 is 28.1. The maximum absolute atomic E-state index is 11.9. The van der Waals surface area contributed by atoms with Crippen LogP contribution in [0, 0.1) is 4.77 Å². The van der Waals surface area contributed by atoms with Crippen molar-refractivity contribution in [2.45, 2.75) is 32.1 Å². The van der Waals surface area contributed by atoms with E-state index in [4.69, 9.17) is 17.3 Å². The Morgan fingerprint density at radius 3 is 2.73 bits per heavy atom. The molecule has 0 radical (unpaired) electrons. The molecule has 1 aliphatic rings. The molecular formula is C18H25N4O2S2+. The molecule has 2 heterocycles. The van der Waals surface area contributed by atoms with Crippen LogP contribution in [-0.4, -0.2) is 41.3 Å². The SMILES string of the molecule is C=CCn1c([C@@H]2CCS(=O)(=O)C2)nn(C[NH+](C)Cc2ccccc2)c1=S. The van der Waals surface area contributed by atoms with Crippen LogP contribution in [0.25, 0.3) is 0 Å². The second-order valence-corrected chi connectivity index (χ2v) is 9.51. The van der Waals surface area contributed by atoms with Crippen LogP contribution in [0.1, 0.15) is 23.7 Å². The fourth-order valence-electron chi connectivity index (χ4n) is 3.42. The number of hydrogen-bond acceptors (Lipinski definition) is 4. The van der Waals surface area contributed by atoms with Gasteiger partial charge in [-0.15, -0.1) is 6.58 Å². The highest BCUT2D eigenvalue weighted by Gasteiger charge is 2.33. The number of quaternary nitrogens is 1. The number of nitrogens with zero attached hydrogens (tertiary/aromatic N) is 3. The molecule has 1 aromatic carbocycles. The Labute approximate surface area is 159 Å². The first kappa shape index (κ1) is 19.0. The molecule has 8 heteroatoms. The highest BCUT2D eigenvalue weighted by Crippen LogP contribution is 2.28. The van der Waals surface area contributed by atoms with Crippen molar-refractivity contribution in [3.05, 3.63) is 59.1 Å². The zero-order valence-electron chi connectivity index (χ0n) is 15.0. The van der Waals surface area contributed by atoms with Crippen LogP contribution in [0.15, 0.2) is 43.0 Å². The molecule has 2 aromatic rings. The summed E-state index contributed by atoms with van der Waals surface area (Å²) >= 11 is 5.61. The second kappa shape index (κ2) is 7.85. The maximum atomic E-state index is 11.9. The number of allylic oxidation sites excluding steroid dienone is 1. The summed E-state index contributed by atoms with van der Waals surface area (Å²) in [5.41, 5.74) is 1.25. The van der Waals surface area contributed by atoms with Crippen LogP contribution in [0.5, 0.6) is 0 Å².